The second kappa shape index (κ2) is 7.51. The van der Waals surface area contributed by atoms with Crippen LogP contribution in [0.1, 0.15) is 6.42 Å². The summed E-state index contributed by atoms with van der Waals surface area (Å²) in [5.74, 6) is 2.12. The Morgan fingerprint density at radius 2 is 2.28 bits per heavy atom. The van der Waals surface area contributed by atoms with Crippen LogP contribution < -0.4 is 10.6 Å². The number of carbonyl (C=O) groups is 1. The highest BCUT2D eigenvalue weighted by molar-refractivity contribution is 7.99. The van der Waals surface area contributed by atoms with Gasteiger partial charge in [0.15, 0.2) is 0 Å². The molecule has 0 spiro atoms. The van der Waals surface area contributed by atoms with Crippen molar-refractivity contribution >= 4 is 35.8 Å². The molecular formula is C12H17ClN2O2S. The van der Waals surface area contributed by atoms with Gasteiger partial charge in [-0.05, 0) is 12.1 Å². The number of phenols is 1. The average molecular weight is 289 g/mol. The van der Waals surface area contributed by atoms with Crippen LogP contribution >= 0.6 is 24.2 Å². The highest BCUT2D eigenvalue weighted by atomic mass is 35.5. The van der Waals surface area contributed by atoms with Crippen LogP contribution in [0.2, 0.25) is 0 Å². The molecule has 18 heavy (non-hydrogen) atoms. The van der Waals surface area contributed by atoms with Crippen molar-refractivity contribution in [3.63, 3.8) is 0 Å². The zero-order chi connectivity index (χ0) is 12.1. The van der Waals surface area contributed by atoms with Gasteiger partial charge in [-0.15, -0.1) is 12.4 Å². The average Bonchev–Trinajstić information content (AvgIpc) is 2.33. The molecule has 1 aromatic rings. The van der Waals surface area contributed by atoms with Crippen LogP contribution in [0, 0.1) is 0 Å². The number of para-hydroxylation sites is 2. The SMILES string of the molecule is Cl.O=C(CC1CSCCN1)Nc1ccccc1O. The molecule has 1 atom stereocenters. The zero-order valence-electron chi connectivity index (χ0n) is 9.89. The lowest BCUT2D eigenvalue weighted by molar-refractivity contribution is -0.116. The van der Waals surface area contributed by atoms with Crippen LogP contribution in [0.25, 0.3) is 0 Å². The summed E-state index contributed by atoms with van der Waals surface area (Å²) < 4.78 is 0. The fourth-order valence-corrected chi connectivity index (χ4v) is 2.70. The predicted octanol–water partition coefficient (Wildman–Crippen LogP) is 1.85. The van der Waals surface area contributed by atoms with Crippen LogP contribution in [-0.2, 0) is 4.79 Å². The summed E-state index contributed by atoms with van der Waals surface area (Å²) in [6.07, 6.45) is 0.446. The van der Waals surface area contributed by atoms with Crippen molar-refractivity contribution < 1.29 is 9.90 Å². The van der Waals surface area contributed by atoms with Crippen molar-refractivity contribution in [3.05, 3.63) is 24.3 Å². The maximum atomic E-state index is 11.8. The summed E-state index contributed by atoms with van der Waals surface area (Å²) >= 11 is 1.86. The van der Waals surface area contributed by atoms with Crippen LogP contribution in [0.4, 0.5) is 5.69 Å². The topological polar surface area (TPSA) is 61.4 Å². The van der Waals surface area contributed by atoms with E-state index in [0.717, 1.165) is 18.1 Å². The summed E-state index contributed by atoms with van der Waals surface area (Å²) in [4.78, 5) is 11.8. The van der Waals surface area contributed by atoms with E-state index in [1.807, 2.05) is 11.8 Å². The number of carbonyl (C=O) groups excluding carboxylic acids is 1. The van der Waals surface area contributed by atoms with Gasteiger partial charge >= 0.3 is 0 Å². The summed E-state index contributed by atoms with van der Waals surface area (Å²) in [5.41, 5.74) is 0.473. The van der Waals surface area contributed by atoms with Crippen LogP contribution in [0.15, 0.2) is 24.3 Å². The van der Waals surface area contributed by atoms with E-state index >= 15 is 0 Å². The number of anilines is 1. The van der Waals surface area contributed by atoms with Crippen LogP contribution in [-0.4, -0.2) is 35.1 Å². The van der Waals surface area contributed by atoms with Gasteiger partial charge in [0.2, 0.25) is 5.91 Å². The monoisotopic (exact) mass is 288 g/mol. The van der Waals surface area contributed by atoms with Crippen molar-refractivity contribution in [1.82, 2.24) is 5.32 Å². The third-order valence-electron chi connectivity index (χ3n) is 2.61. The van der Waals surface area contributed by atoms with Crippen molar-refractivity contribution in [2.75, 3.05) is 23.4 Å². The van der Waals surface area contributed by atoms with Gasteiger partial charge in [-0.2, -0.15) is 11.8 Å². The molecule has 0 bridgehead atoms. The molecule has 1 fully saturated rings. The van der Waals surface area contributed by atoms with E-state index < -0.39 is 0 Å². The Labute approximate surface area is 117 Å². The van der Waals surface area contributed by atoms with Crippen LogP contribution in [0.5, 0.6) is 5.75 Å². The third-order valence-corrected chi connectivity index (χ3v) is 3.74. The third kappa shape index (κ3) is 4.40. The minimum atomic E-state index is -0.0634. The number of aromatic hydroxyl groups is 1. The largest absolute Gasteiger partial charge is 0.506 e. The van der Waals surface area contributed by atoms with Gasteiger partial charge < -0.3 is 15.7 Å². The number of hydrogen-bond acceptors (Lipinski definition) is 4. The zero-order valence-corrected chi connectivity index (χ0v) is 11.5. The maximum Gasteiger partial charge on any atom is 0.226 e. The van der Waals surface area contributed by atoms with Crippen molar-refractivity contribution in [2.45, 2.75) is 12.5 Å². The van der Waals surface area contributed by atoms with E-state index in [-0.39, 0.29) is 30.1 Å². The maximum absolute atomic E-state index is 11.8. The number of hydrogen-bond donors (Lipinski definition) is 3. The summed E-state index contributed by atoms with van der Waals surface area (Å²) in [7, 11) is 0. The first kappa shape index (κ1) is 15.1. The number of nitrogens with one attached hydrogen (secondary N) is 2. The molecule has 0 aromatic heterocycles. The van der Waals surface area contributed by atoms with Gasteiger partial charge in [-0.25, -0.2) is 0 Å². The lowest BCUT2D eigenvalue weighted by Gasteiger charge is -2.22. The summed E-state index contributed by atoms with van der Waals surface area (Å²) in [6.45, 7) is 0.958. The van der Waals surface area contributed by atoms with E-state index in [2.05, 4.69) is 10.6 Å². The van der Waals surface area contributed by atoms with E-state index in [1.54, 1.807) is 24.3 Å². The molecule has 0 aliphatic carbocycles. The molecule has 100 valence electrons. The van der Waals surface area contributed by atoms with Gasteiger partial charge in [0.1, 0.15) is 5.75 Å². The van der Waals surface area contributed by atoms with E-state index in [0.29, 0.717) is 12.1 Å². The minimum Gasteiger partial charge on any atom is -0.506 e. The molecule has 0 radical (unpaired) electrons. The molecule has 1 heterocycles. The normalized spacial score (nSPS) is 18.8. The first-order chi connectivity index (χ1) is 8.25. The minimum absolute atomic E-state index is 0. The summed E-state index contributed by atoms with van der Waals surface area (Å²) in [5, 5.41) is 15.6. The predicted molar refractivity (Wildman–Crippen MR) is 77.7 cm³/mol. The highest BCUT2D eigenvalue weighted by Gasteiger charge is 2.17. The van der Waals surface area contributed by atoms with Gasteiger partial charge in [-0.3, -0.25) is 4.79 Å². The molecule has 1 aliphatic heterocycles. The molecule has 0 saturated carbocycles. The smallest absolute Gasteiger partial charge is 0.226 e. The second-order valence-corrected chi connectivity index (χ2v) is 5.15. The van der Waals surface area contributed by atoms with Crippen molar-refractivity contribution in [2.24, 2.45) is 0 Å². The number of amides is 1. The van der Waals surface area contributed by atoms with E-state index in [1.165, 1.54) is 0 Å². The quantitative estimate of drug-likeness (QED) is 0.743. The molecule has 2 rings (SSSR count). The Morgan fingerprint density at radius 3 is 2.94 bits per heavy atom. The molecule has 1 amide bonds. The Bertz CT molecular complexity index is 397. The molecule has 6 heteroatoms. The molecule has 1 aromatic carbocycles. The number of halogens is 1. The van der Waals surface area contributed by atoms with Crippen LogP contribution in [0.3, 0.4) is 0 Å². The Kier molecular flexibility index (Phi) is 6.32. The molecule has 1 unspecified atom stereocenters. The summed E-state index contributed by atoms with van der Waals surface area (Å²) in [6, 6.07) is 6.99. The number of benzene rings is 1. The number of phenolic OH excluding ortho intramolecular Hbond substituents is 1. The van der Waals surface area contributed by atoms with Gasteiger partial charge in [0.25, 0.3) is 0 Å². The second-order valence-electron chi connectivity index (χ2n) is 4.00. The first-order valence-electron chi connectivity index (χ1n) is 5.64. The Morgan fingerprint density at radius 1 is 1.50 bits per heavy atom. The highest BCUT2D eigenvalue weighted by Crippen LogP contribution is 2.22. The molecule has 1 saturated heterocycles. The Hall–Kier alpha value is -0.910. The molecule has 3 N–H and O–H groups in total. The van der Waals surface area contributed by atoms with E-state index in [4.69, 9.17) is 0 Å². The van der Waals surface area contributed by atoms with Gasteiger partial charge in [-0.1, -0.05) is 12.1 Å². The van der Waals surface area contributed by atoms with Gasteiger partial charge in [0, 0.05) is 30.5 Å². The lowest BCUT2D eigenvalue weighted by atomic mass is 10.2. The number of thioether (sulfide) groups is 1. The van der Waals surface area contributed by atoms with E-state index in [9.17, 15) is 9.90 Å². The van der Waals surface area contributed by atoms with Crippen molar-refractivity contribution in [3.8, 4) is 5.75 Å². The lowest BCUT2D eigenvalue weighted by Crippen LogP contribution is -2.39. The fourth-order valence-electron chi connectivity index (χ4n) is 1.76. The van der Waals surface area contributed by atoms with Crippen molar-refractivity contribution in [1.29, 1.82) is 0 Å². The Balaban J connectivity index is 0.00000162. The standard InChI is InChI=1S/C12H16N2O2S.ClH/c15-11-4-2-1-3-10(11)14-12(16)7-9-8-17-6-5-13-9;/h1-4,9,13,15H,5-8H2,(H,14,16);1H. The molecule has 1 aliphatic rings. The molecule has 4 nitrogen and oxygen atoms in total. The first-order valence-corrected chi connectivity index (χ1v) is 6.80. The number of rotatable bonds is 3. The fraction of sp³-hybridized carbons (Fsp3) is 0.417. The van der Waals surface area contributed by atoms with Gasteiger partial charge in [0.05, 0.1) is 5.69 Å². The molecular weight excluding hydrogens is 272 g/mol.